The maximum Gasteiger partial charge on any atom is 0.290 e. The first kappa shape index (κ1) is 18.5. The average Bonchev–Trinajstić information content (AvgIpc) is 3.38. The van der Waals surface area contributed by atoms with Crippen LogP contribution >= 0.6 is 0 Å². The number of furan rings is 1. The lowest BCUT2D eigenvalue weighted by Gasteiger charge is -2.26. The van der Waals surface area contributed by atoms with Crippen LogP contribution in [0.4, 0.5) is 0 Å². The standard InChI is InChI=1S/C22H18N2O5/c1-28-16-9-7-14(8-10-16)19-18(20(25)17-6-4-12-29-17)21(26)22(27)24(19)13-15-5-2-3-11-23-15/h2-12,19,26H,13H2,1H3. The van der Waals surface area contributed by atoms with E-state index in [1.807, 2.05) is 6.07 Å². The van der Waals surface area contributed by atoms with E-state index in [1.54, 1.807) is 55.8 Å². The van der Waals surface area contributed by atoms with Crippen molar-refractivity contribution < 1.29 is 23.8 Å². The van der Waals surface area contributed by atoms with Crippen molar-refractivity contribution in [2.24, 2.45) is 0 Å². The van der Waals surface area contributed by atoms with Crippen LogP contribution in [0.1, 0.15) is 27.9 Å². The molecule has 0 saturated carbocycles. The molecule has 1 amide bonds. The molecule has 0 bridgehead atoms. The summed E-state index contributed by atoms with van der Waals surface area (Å²) < 4.78 is 10.4. The van der Waals surface area contributed by atoms with Gasteiger partial charge < -0.3 is 19.2 Å². The number of benzene rings is 1. The molecule has 1 unspecified atom stereocenters. The van der Waals surface area contributed by atoms with E-state index in [0.29, 0.717) is 17.0 Å². The number of aromatic nitrogens is 1. The summed E-state index contributed by atoms with van der Waals surface area (Å²) in [6.07, 6.45) is 3.00. The van der Waals surface area contributed by atoms with Crippen molar-refractivity contribution in [2.45, 2.75) is 12.6 Å². The van der Waals surface area contributed by atoms with Crippen LogP contribution in [0.25, 0.3) is 0 Å². The predicted octanol–water partition coefficient (Wildman–Crippen LogP) is 3.46. The van der Waals surface area contributed by atoms with E-state index in [2.05, 4.69) is 4.98 Å². The predicted molar refractivity (Wildman–Crippen MR) is 103 cm³/mol. The van der Waals surface area contributed by atoms with Crippen molar-refractivity contribution in [1.82, 2.24) is 9.88 Å². The number of aliphatic hydroxyl groups is 1. The van der Waals surface area contributed by atoms with Gasteiger partial charge in [-0.15, -0.1) is 0 Å². The summed E-state index contributed by atoms with van der Waals surface area (Å²) in [4.78, 5) is 31.6. The van der Waals surface area contributed by atoms with E-state index in [9.17, 15) is 14.7 Å². The molecule has 0 spiro atoms. The third-order valence-corrected chi connectivity index (χ3v) is 4.78. The zero-order valence-corrected chi connectivity index (χ0v) is 15.6. The molecule has 7 nitrogen and oxygen atoms in total. The number of carbonyl (C=O) groups is 2. The number of rotatable bonds is 6. The van der Waals surface area contributed by atoms with Crippen LogP contribution in [0.5, 0.6) is 5.75 Å². The Bertz CT molecular complexity index is 1060. The van der Waals surface area contributed by atoms with Gasteiger partial charge in [-0.25, -0.2) is 0 Å². The van der Waals surface area contributed by atoms with Crippen LogP contribution in [-0.4, -0.2) is 33.8 Å². The molecule has 3 aromatic rings. The zero-order chi connectivity index (χ0) is 20.4. The quantitative estimate of drug-likeness (QED) is 0.648. The minimum atomic E-state index is -0.784. The monoisotopic (exact) mass is 390 g/mol. The molecule has 0 fully saturated rings. The maximum absolute atomic E-state index is 13.0. The molecule has 0 saturated heterocycles. The number of ether oxygens (including phenoxy) is 1. The molecule has 29 heavy (non-hydrogen) atoms. The van der Waals surface area contributed by atoms with E-state index >= 15 is 0 Å². The van der Waals surface area contributed by atoms with Gasteiger partial charge in [-0.1, -0.05) is 18.2 Å². The van der Waals surface area contributed by atoms with Crippen LogP contribution in [0.3, 0.4) is 0 Å². The van der Waals surface area contributed by atoms with E-state index in [1.165, 1.54) is 17.2 Å². The zero-order valence-electron chi connectivity index (χ0n) is 15.6. The number of carbonyl (C=O) groups excluding carboxylic acids is 2. The normalized spacial score (nSPS) is 16.4. The Balaban J connectivity index is 1.79. The van der Waals surface area contributed by atoms with E-state index in [0.717, 1.165) is 0 Å². The molecule has 3 heterocycles. The van der Waals surface area contributed by atoms with Gasteiger partial charge in [0.05, 0.1) is 37.2 Å². The molecule has 0 radical (unpaired) electrons. The third kappa shape index (κ3) is 3.38. The smallest absolute Gasteiger partial charge is 0.290 e. The Morgan fingerprint density at radius 3 is 2.59 bits per heavy atom. The Hall–Kier alpha value is -3.87. The van der Waals surface area contributed by atoms with E-state index in [-0.39, 0.29) is 17.9 Å². The molecule has 2 aromatic heterocycles. The fraction of sp³-hybridized carbons (Fsp3) is 0.136. The fourth-order valence-corrected chi connectivity index (χ4v) is 3.39. The van der Waals surface area contributed by atoms with Crippen molar-refractivity contribution >= 4 is 11.7 Å². The average molecular weight is 390 g/mol. The van der Waals surface area contributed by atoms with Crippen LogP contribution in [-0.2, 0) is 11.3 Å². The molecule has 1 aliphatic rings. The van der Waals surface area contributed by atoms with Crippen LogP contribution in [0.15, 0.2) is 82.8 Å². The Morgan fingerprint density at radius 2 is 1.97 bits per heavy atom. The van der Waals surface area contributed by atoms with Crippen LogP contribution in [0.2, 0.25) is 0 Å². The van der Waals surface area contributed by atoms with Crippen molar-refractivity contribution in [3.05, 3.63) is 95.4 Å². The van der Waals surface area contributed by atoms with Gasteiger partial charge in [-0.2, -0.15) is 0 Å². The molecule has 1 aliphatic heterocycles. The van der Waals surface area contributed by atoms with Crippen molar-refractivity contribution in [1.29, 1.82) is 0 Å². The summed E-state index contributed by atoms with van der Waals surface area (Å²) in [6.45, 7) is 0.134. The van der Waals surface area contributed by atoms with Gasteiger partial charge in [-0.05, 0) is 42.0 Å². The maximum atomic E-state index is 13.0. The van der Waals surface area contributed by atoms with E-state index in [4.69, 9.17) is 9.15 Å². The molecular formula is C22H18N2O5. The molecular weight excluding hydrogens is 372 g/mol. The first-order valence-electron chi connectivity index (χ1n) is 8.96. The lowest BCUT2D eigenvalue weighted by atomic mass is 9.95. The topological polar surface area (TPSA) is 92.9 Å². The van der Waals surface area contributed by atoms with Crippen molar-refractivity contribution in [3.63, 3.8) is 0 Å². The van der Waals surface area contributed by atoms with E-state index < -0.39 is 23.5 Å². The molecule has 1 N–H and O–H groups in total. The molecule has 146 valence electrons. The molecule has 7 heteroatoms. The summed E-state index contributed by atoms with van der Waals surface area (Å²) in [7, 11) is 1.55. The fourth-order valence-electron chi connectivity index (χ4n) is 3.39. The number of nitrogens with zero attached hydrogens (tertiary/aromatic N) is 2. The Kier molecular flexibility index (Phi) is 4.87. The second kappa shape index (κ2) is 7.63. The van der Waals surface area contributed by atoms with Crippen molar-refractivity contribution in [2.75, 3.05) is 7.11 Å². The summed E-state index contributed by atoms with van der Waals surface area (Å²) >= 11 is 0. The number of hydrogen-bond acceptors (Lipinski definition) is 6. The van der Waals surface area contributed by atoms with Gasteiger partial charge >= 0.3 is 0 Å². The highest BCUT2D eigenvalue weighted by Gasteiger charge is 2.44. The first-order valence-corrected chi connectivity index (χ1v) is 8.96. The minimum Gasteiger partial charge on any atom is -0.503 e. The van der Waals surface area contributed by atoms with Gasteiger partial charge in [0.2, 0.25) is 5.78 Å². The minimum absolute atomic E-state index is 0.0222. The van der Waals surface area contributed by atoms with Crippen LogP contribution in [0, 0.1) is 0 Å². The number of hydrogen-bond donors (Lipinski definition) is 1. The van der Waals surface area contributed by atoms with Gasteiger partial charge in [0.1, 0.15) is 5.75 Å². The second-order valence-electron chi connectivity index (χ2n) is 6.50. The summed E-state index contributed by atoms with van der Waals surface area (Å²) in [5.41, 5.74) is 1.28. The summed E-state index contributed by atoms with van der Waals surface area (Å²) in [6, 6.07) is 14.7. The SMILES string of the molecule is COc1ccc(C2C(C(=O)c3ccco3)=C(O)C(=O)N2Cc2ccccn2)cc1. The molecule has 0 aliphatic carbocycles. The largest absolute Gasteiger partial charge is 0.503 e. The molecule has 1 aromatic carbocycles. The highest BCUT2D eigenvalue weighted by atomic mass is 16.5. The highest BCUT2D eigenvalue weighted by molar-refractivity contribution is 6.14. The third-order valence-electron chi connectivity index (χ3n) is 4.78. The number of pyridine rings is 1. The number of methoxy groups -OCH3 is 1. The lowest BCUT2D eigenvalue weighted by Crippen LogP contribution is -2.31. The van der Waals surface area contributed by atoms with Gasteiger partial charge in [-0.3, -0.25) is 14.6 Å². The second-order valence-corrected chi connectivity index (χ2v) is 6.50. The van der Waals surface area contributed by atoms with Crippen LogP contribution < -0.4 is 4.74 Å². The van der Waals surface area contributed by atoms with Gasteiger partial charge in [0, 0.05) is 6.20 Å². The lowest BCUT2D eigenvalue weighted by molar-refractivity contribution is -0.130. The van der Waals surface area contributed by atoms with Crippen molar-refractivity contribution in [3.8, 4) is 5.75 Å². The molecule has 4 rings (SSSR count). The number of amides is 1. The number of ketones is 1. The Labute approximate surface area is 166 Å². The number of aliphatic hydroxyl groups excluding tert-OH is 1. The summed E-state index contributed by atoms with van der Waals surface area (Å²) in [5.74, 6) is -1.06. The number of Topliss-reactive ketones (excluding diaryl/α,β-unsaturated/α-hetero) is 1. The molecule has 1 atom stereocenters. The first-order chi connectivity index (χ1) is 14.1. The Morgan fingerprint density at radius 1 is 1.17 bits per heavy atom. The summed E-state index contributed by atoms with van der Waals surface area (Å²) in [5, 5.41) is 10.6. The van der Waals surface area contributed by atoms with Gasteiger partial charge in [0.25, 0.3) is 5.91 Å². The highest BCUT2D eigenvalue weighted by Crippen LogP contribution is 2.40. The van der Waals surface area contributed by atoms with Gasteiger partial charge in [0.15, 0.2) is 11.5 Å².